The predicted octanol–water partition coefficient (Wildman–Crippen LogP) is 2.03. The molecule has 0 amide bonds. The molecule has 2 unspecified atom stereocenters. The Morgan fingerprint density at radius 1 is 1.30 bits per heavy atom. The molecular weight excluding hydrogens is 431 g/mol. The molecule has 1 aliphatic heterocycles. The topological polar surface area (TPSA) is 155 Å². The fraction of sp³-hybridized carbons (Fsp3) is 0.286. The number of ether oxygens (including phenoxy) is 1. The fourth-order valence-electron chi connectivity index (χ4n) is 4.10. The molecule has 33 heavy (non-hydrogen) atoms. The normalized spacial score (nSPS) is 18.2. The van der Waals surface area contributed by atoms with Crippen molar-refractivity contribution in [1.29, 1.82) is 0 Å². The van der Waals surface area contributed by atoms with Crippen LogP contribution in [0.4, 0.5) is 15.9 Å². The Morgan fingerprint density at radius 3 is 2.73 bits per heavy atom. The van der Waals surface area contributed by atoms with E-state index in [4.69, 9.17) is 10.5 Å². The number of halogens is 1. The van der Waals surface area contributed by atoms with Crippen LogP contribution in [0.15, 0.2) is 24.5 Å². The van der Waals surface area contributed by atoms with Gasteiger partial charge < -0.3 is 30.8 Å². The number of nitrogens with one attached hydrogen (secondary N) is 2. The summed E-state index contributed by atoms with van der Waals surface area (Å²) in [7, 11) is 1.69. The maximum absolute atomic E-state index is 14.4. The predicted molar refractivity (Wildman–Crippen MR) is 119 cm³/mol. The molecule has 12 heteroatoms. The number of hydrogen-bond acceptors (Lipinski definition) is 9. The van der Waals surface area contributed by atoms with E-state index in [1.54, 1.807) is 18.9 Å². The van der Waals surface area contributed by atoms with Gasteiger partial charge in [-0.2, -0.15) is 9.97 Å². The van der Waals surface area contributed by atoms with Crippen LogP contribution in [-0.4, -0.2) is 62.2 Å². The van der Waals surface area contributed by atoms with Gasteiger partial charge in [-0.25, -0.2) is 14.4 Å². The minimum absolute atomic E-state index is 0.00957. The number of anilines is 2. The third kappa shape index (κ3) is 3.63. The van der Waals surface area contributed by atoms with Gasteiger partial charge in [-0.05, 0) is 19.1 Å². The van der Waals surface area contributed by atoms with Crippen molar-refractivity contribution in [2.45, 2.75) is 13.0 Å². The molecule has 1 aliphatic rings. The minimum Gasteiger partial charge on any atom is -0.481 e. The van der Waals surface area contributed by atoms with Crippen LogP contribution in [0, 0.1) is 18.7 Å². The number of aromatic nitrogens is 5. The number of carboxylic acid groups (broad SMARTS) is 1. The van der Waals surface area contributed by atoms with Gasteiger partial charge in [-0.15, -0.1) is 0 Å². The van der Waals surface area contributed by atoms with Crippen LogP contribution in [-0.2, 0) is 4.79 Å². The van der Waals surface area contributed by atoms with Crippen LogP contribution in [0.3, 0.4) is 0 Å². The first kappa shape index (κ1) is 20.8. The molecule has 0 saturated carbocycles. The molecule has 2 atom stereocenters. The van der Waals surface area contributed by atoms with Gasteiger partial charge in [0.05, 0.1) is 34.9 Å². The largest absolute Gasteiger partial charge is 0.481 e. The Balaban J connectivity index is 1.70. The molecule has 5 N–H and O–H groups in total. The summed E-state index contributed by atoms with van der Waals surface area (Å²) in [6.45, 7) is 2.16. The number of nitrogens with two attached hydrogens (primary N) is 1. The van der Waals surface area contributed by atoms with Crippen molar-refractivity contribution in [3.63, 3.8) is 0 Å². The van der Waals surface area contributed by atoms with E-state index in [1.807, 2.05) is 0 Å². The summed E-state index contributed by atoms with van der Waals surface area (Å²) >= 11 is 0. The minimum atomic E-state index is -0.981. The summed E-state index contributed by atoms with van der Waals surface area (Å²) in [6, 6.07) is 2.19. The summed E-state index contributed by atoms with van der Waals surface area (Å²) in [4.78, 5) is 33.8. The molecule has 0 aliphatic carbocycles. The third-order valence-electron chi connectivity index (χ3n) is 5.70. The summed E-state index contributed by atoms with van der Waals surface area (Å²) in [6.07, 6.45) is 3.00. The number of benzene rings is 1. The van der Waals surface area contributed by atoms with E-state index in [-0.39, 0.29) is 19.1 Å². The average Bonchev–Trinajstić information content (AvgIpc) is 3.35. The Morgan fingerprint density at radius 2 is 2.06 bits per heavy atom. The number of rotatable bonds is 5. The summed E-state index contributed by atoms with van der Waals surface area (Å²) in [5.41, 5.74) is 7.69. The van der Waals surface area contributed by atoms with Gasteiger partial charge in [-0.3, -0.25) is 4.79 Å². The van der Waals surface area contributed by atoms with Gasteiger partial charge in [0.1, 0.15) is 23.1 Å². The number of nitrogens with zero attached hydrogens (tertiary/aromatic N) is 5. The molecule has 1 saturated heterocycles. The van der Waals surface area contributed by atoms with Gasteiger partial charge in [0.2, 0.25) is 0 Å². The van der Waals surface area contributed by atoms with E-state index in [2.05, 4.69) is 30.2 Å². The average molecular weight is 452 g/mol. The quantitative estimate of drug-likeness (QED) is 0.353. The summed E-state index contributed by atoms with van der Waals surface area (Å²) < 4.78 is 20.2. The van der Waals surface area contributed by atoms with Crippen LogP contribution in [0.1, 0.15) is 5.82 Å². The van der Waals surface area contributed by atoms with E-state index >= 15 is 0 Å². The lowest BCUT2D eigenvalue weighted by Crippen LogP contribution is -2.33. The number of aryl methyl sites for hydroxylation is 1. The highest BCUT2D eigenvalue weighted by Crippen LogP contribution is 2.38. The fourth-order valence-corrected chi connectivity index (χ4v) is 4.10. The molecule has 5 rings (SSSR count). The van der Waals surface area contributed by atoms with Crippen LogP contribution >= 0.6 is 0 Å². The summed E-state index contributed by atoms with van der Waals surface area (Å²) in [5, 5.41) is 13.6. The first-order valence-corrected chi connectivity index (χ1v) is 10.2. The second kappa shape index (κ2) is 7.81. The molecule has 3 aromatic heterocycles. The van der Waals surface area contributed by atoms with Crippen LogP contribution in [0.2, 0.25) is 0 Å². The third-order valence-corrected chi connectivity index (χ3v) is 5.70. The number of H-pyrrole nitrogens is 1. The van der Waals surface area contributed by atoms with Crippen molar-refractivity contribution < 1.29 is 19.0 Å². The molecule has 4 aromatic rings. The highest BCUT2D eigenvalue weighted by atomic mass is 19.1. The second-order valence-electron chi connectivity index (χ2n) is 7.89. The van der Waals surface area contributed by atoms with Crippen molar-refractivity contribution in [3.05, 3.63) is 36.2 Å². The first-order valence-electron chi connectivity index (χ1n) is 10.2. The molecule has 1 aromatic carbocycles. The van der Waals surface area contributed by atoms with Gasteiger partial charge in [0.15, 0.2) is 5.75 Å². The standard InChI is InChI=1S/C21H21FN8O3/c1-9-25-5-11(6-26-9)33-21-28-18-16(12-3-10(22)4-15(24-2)17(12)27-18)19(29-21)30-7-13(20(31)32)14(23)8-30/h3-6,13-14,24H,7-8,23H2,1-2H3,(H,31,32)(H,27,28,29). The zero-order valence-corrected chi connectivity index (χ0v) is 17.8. The Labute approximate surface area is 186 Å². The first-order chi connectivity index (χ1) is 15.8. The molecule has 0 spiro atoms. The lowest BCUT2D eigenvalue weighted by Gasteiger charge is -2.18. The Bertz CT molecular complexity index is 1370. The van der Waals surface area contributed by atoms with E-state index < -0.39 is 23.7 Å². The Hall–Kier alpha value is -4.06. The van der Waals surface area contributed by atoms with Crippen LogP contribution < -0.4 is 20.7 Å². The van der Waals surface area contributed by atoms with Crippen LogP contribution in [0.5, 0.6) is 11.8 Å². The zero-order valence-electron chi connectivity index (χ0n) is 17.8. The molecule has 0 bridgehead atoms. The van der Waals surface area contributed by atoms with Crippen molar-refractivity contribution >= 4 is 39.4 Å². The van der Waals surface area contributed by atoms with E-state index in [1.165, 1.54) is 24.5 Å². The van der Waals surface area contributed by atoms with E-state index in [0.29, 0.717) is 45.0 Å². The molecule has 0 radical (unpaired) electrons. The molecule has 170 valence electrons. The SMILES string of the molecule is CNc1cc(F)cc2c1[nH]c1nc(Oc3cnc(C)nc3)nc(N3CC(N)C(C(=O)O)C3)c12. The van der Waals surface area contributed by atoms with Crippen LogP contribution in [0.25, 0.3) is 21.9 Å². The smallest absolute Gasteiger partial charge is 0.326 e. The second-order valence-corrected chi connectivity index (χ2v) is 7.89. The van der Waals surface area contributed by atoms with Crippen molar-refractivity contribution in [2.24, 2.45) is 11.7 Å². The number of hydrogen-bond donors (Lipinski definition) is 4. The Kier molecular flexibility index (Phi) is 4.93. The lowest BCUT2D eigenvalue weighted by atomic mass is 10.1. The monoisotopic (exact) mass is 452 g/mol. The molecular formula is C21H21FN8O3. The maximum atomic E-state index is 14.4. The molecule has 1 fully saturated rings. The van der Waals surface area contributed by atoms with Gasteiger partial charge in [0.25, 0.3) is 0 Å². The number of carbonyl (C=O) groups is 1. The van der Waals surface area contributed by atoms with Crippen molar-refractivity contribution in [3.8, 4) is 11.8 Å². The van der Waals surface area contributed by atoms with E-state index in [9.17, 15) is 14.3 Å². The number of aromatic amines is 1. The summed E-state index contributed by atoms with van der Waals surface area (Å²) in [5.74, 6) is -0.850. The maximum Gasteiger partial charge on any atom is 0.326 e. The lowest BCUT2D eigenvalue weighted by molar-refractivity contribution is -0.141. The number of carboxylic acids is 1. The van der Waals surface area contributed by atoms with Crippen molar-refractivity contribution in [1.82, 2.24) is 24.9 Å². The van der Waals surface area contributed by atoms with Gasteiger partial charge in [-0.1, -0.05) is 0 Å². The number of fused-ring (bicyclic) bond motifs is 3. The molecule has 11 nitrogen and oxygen atoms in total. The zero-order chi connectivity index (χ0) is 23.3. The van der Waals surface area contributed by atoms with Gasteiger partial charge >= 0.3 is 12.0 Å². The van der Waals surface area contributed by atoms with Crippen molar-refractivity contribution in [2.75, 3.05) is 30.4 Å². The van der Waals surface area contributed by atoms with E-state index in [0.717, 1.165) is 0 Å². The highest BCUT2D eigenvalue weighted by molar-refractivity contribution is 6.14. The number of aliphatic carboxylic acids is 1. The highest BCUT2D eigenvalue weighted by Gasteiger charge is 2.37. The van der Waals surface area contributed by atoms with Gasteiger partial charge in [0, 0.05) is 31.6 Å². The molecule has 4 heterocycles.